The van der Waals surface area contributed by atoms with Crippen LogP contribution in [-0.2, 0) is 0 Å². The predicted octanol–water partition coefficient (Wildman–Crippen LogP) is 3.88. The number of fused-ring (bicyclic) bond motifs is 1. The standard InChI is InChI=1S/C18H16ClN3O2/c19-13-6-7-15-16(11-13)21-17(22-18(15)23)12-4-3-5-14(10-12)24-9-2-1-8-20/h3-7,10-11,17,21H,1-2,9H2,(H,22,23)/t17-/m0/s1. The number of ether oxygens (including phenoxy) is 1. The second kappa shape index (κ2) is 7.24. The molecule has 0 radical (unpaired) electrons. The SMILES string of the molecule is N#CCCCOc1cccc([C@@H]2NC(=O)c3ccc(Cl)cc3N2)c1. The number of nitrogens with one attached hydrogen (secondary N) is 2. The summed E-state index contributed by atoms with van der Waals surface area (Å²) >= 11 is 6.01. The Balaban J connectivity index is 1.75. The average molecular weight is 342 g/mol. The number of nitriles is 1. The van der Waals surface area contributed by atoms with Crippen molar-refractivity contribution in [2.45, 2.75) is 19.0 Å². The van der Waals surface area contributed by atoms with E-state index in [4.69, 9.17) is 21.6 Å². The molecule has 1 aliphatic rings. The van der Waals surface area contributed by atoms with Crippen molar-refractivity contribution < 1.29 is 9.53 Å². The smallest absolute Gasteiger partial charge is 0.255 e. The number of carbonyl (C=O) groups is 1. The number of halogens is 1. The average Bonchev–Trinajstić information content (AvgIpc) is 2.58. The van der Waals surface area contributed by atoms with E-state index < -0.39 is 0 Å². The van der Waals surface area contributed by atoms with Crippen LogP contribution in [0.2, 0.25) is 5.02 Å². The van der Waals surface area contributed by atoms with Crippen LogP contribution in [-0.4, -0.2) is 12.5 Å². The number of hydrogen-bond acceptors (Lipinski definition) is 4. The molecule has 2 aromatic rings. The quantitative estimate of drug-likeness (QED) is 0.809. The van der Waals surface area contributed by atoms with Gasteiger partial charge in [-0.05, 0) is 42.3 Å². The van der Waals surface area contributed by atoms with Gasteiger partial charge in [0.25, 0.3) is 5.91 Å². The third kappa shape index (κ3) is 3.61. The molecule has 0 fully saturated rings. The number of benzene rings is 2. The van der Waals surface area contributed by atoms with E-state index in [9.17, 15) is 4.79 Å². The summed E-state index contributed by atoms with van der Waals surface area (Å²) in [6.07, 6.45) is 0.800. The van der Waals surface area contributed by atoms with Crippen molar-refractivity contribution in [2.24, 2.45) is 0 Å². The van der Waals surface area contributed by atoms with Crippen LogP contribution in [0.5, 0.6) is 5.75 Å². The van der Waals surface area contributed by atoms with Crippen molar-refractivity contribution in [1.29, 1.82) is 5.26 Å². The maximum absolute atomic E-state index is 12.3. The van der Waals surface area contributed by atoms with Crippen LogP contribution in [0.15, 0.2) is 42.5 Å². The second-order valence-corrected chi connectivity index (χ2v) is 5.86. The fourth-order valence-electron chi connectivity index (χ4n) is 2.53. The first-order chi connectivity index (χ1) is 11.7. The number of carbonyl (C=O) groups excluding carboxylic acids is 1. The summed E-state index contributed by atoms with van der Waals surface area (Å²) in [4.78, 5) is 12.3. The van der Waals surface area contributed by atoms with Gasteiger partial charge in [-0.2, -0.15) is 5.26 Å². The minimum atomic E-state index is -0.355. The molecule has 2 N–H and O–H groups in total. The van der Waals surface area contributed by atoms with Crippen molar-refractivity contribution in [1.82, 2.24) is 5.32 Å². The van der Waals surface area contributed by atoms with Crippen molar-refractivity contribution in [3.8, 4) is 11.8 Å². The highest BCUT2D eigenvalue weighted by atomic mass is 35.5. The van der Waals surface area contributed by atoms with Gasteiger partial charge in [0, 0.05) is 11.4 Å². The summed E-state index contributed by atoms with van der Waals surface area (Å²) in [7, 11) is 0. The highest BCUT2D eigenvalue weighted by Crippen LogP contribution is 2.30. The molecule has 1 heterocycles. The van der Waals surface area contributed by atoms with Gasteiger partial charge in [0.15, 0.2) is 0 Å². The van der Waals surface area contributed by atoms with Gasteiger partial charge < -0.3 is 15.4 Å². The Bertz CT molecular complexity index is 801. The number of unbranched alkanes of at least 4 members (excludes halogenated alkanes) is 1. The molecule has 1 atom stereocenters. The van der Waals surface area contributed by atoms with Gasteiger partial charge in [-0.25, -0.2) is 0 Å². The first-order valence-corrected chi connectivity index (χ1v) is 8.02. The molecular formula is C18H16ClN3O2. The van der Waals surface area contributed by atoms with E-state index in [1.165, 1.54) is 0 Å². The lowest BCUT2D eigenvalue weighted by Gasteiger charge is -2.28. The zero-order valence-electron chi connectivity index (χ0n) is 12.9. The maximum Gasteiger partial charge on any atom is 0.255 e. The summed E-state index contributed by atoms with van der Waals surface area (Å²) in [6.45, 7) is 0.486. The highest BCUT2D eigenvalue weighted by molar-refractivity contribution is 6.31. The predicted molar refractivity (Wildman–Crippen MR) is 92.1 cm³/mol. The fraction of sp³-hybridized carbons (Fsp3) is 0.222. The number of nitrogens with zero attached hydrogens (tertiary/aromatic N) is 1. The maximum atomic E-state index is 12.3. The summed E-state index contributed by atoms with van der Waals surface area (Å²) in [6, 6.07) is 14.7. The van der Waals surface area contributed by atoms with E-state index in [-0.39, 0.29) is 12.1 Å². The molecule has 0 aromatic heterocycles. The van der Waals surface area contributed by atoms with Crippen LogP contribution in [0.25, 0.3) is 0 Å². The monoisotopic (exact) mass is 341 g/mol. The lowest BCUT2D eigenvalue weighted by Crippen LogP contribution is -2.38. The van der Waals surface area contributed by atoms with Crippen LogP contribution in [0.1, 0.15) is 34.9 Å². The molecule has 1 amide bonds. The number of anilines is 1. The van der Waals surface area contributed by atoms with E-state index in [0.29, 0.717) is 41.5 Å². The van der Waals surface area contributed by atoms with Gasteiger partial charge in [0.1, 0.15) is 11.9 Å². The Hall–Kier alpha value is -2.71. The number of rotatable bonds is 5. The van der Waals surface area contributed by atoms with E-state index >= 15 is 0 Å². The van der Waals surface area contributed by atoms with Crippen LogP contribution < -0.4 is 15.4 Å². The minimum absolute atomic E-state index is 0.147. The molecule has 0 bridgehead atoms. The van der Waals surface area contributed by atoms with Crippen molar-refractivity contribution in [3.63, 3.8) is 0 Å². The molecule has 3 rings (SSSR count). The van der Waals surface area contributed by atoms with Crippen LogP contribution >= 0.6 is 11.6 Å². The van der Waals surface area contributed by atoms with Crippen molar-refractivity contribution >= 4 is 23.2 Å². The second-order valence-electron chi connectivity index (χ2n) is 5.42. The molecule has 5 nitrogen and oxygen atoms in total. The zero-order valence-corrected chi connectivity index (χ0v) is 13.6. The number of hydrogen-bond donors (Lipinski definition) is 2. The van der Waals surface area contributed by atoms with E-state index in [1.807, 2.05) is 24.3 Å². The molecular weight excluding hydrogens is 326 g/mol. The Labute approximate surface area is 145 Å². The van der Waals surface area contributed by atoms with Gasteiger partial charge in [-0.1, -0.05) is 23.7 Å². The molecule has 2 aromatic carbocycles. The first-order valence-electron chi connectivity index (χ1n) is 7.64. The topological polar surface area (TPSA) is 74.1 Å². The van der Waals surface area contributed by atoms with Crippen LogP contribution in [0.3, 0.4) is 0 Å². The molecule has 0 saturated heterocycles. The Morgan fingerprint density at radius 3 is 2.92 bits per heavy atom. The highest BCUT2D eigenvalue weighted by Gasteiger charge is 2.24. The summed E-state index contributed by atoms with van der Waals surface area (Å²) < 4.78 is 5.64. The molecule has 1 aliphatic heterocycles. The van der Waals surface area contributed by atoms with E-state index in [1.54, 1.807) is 18.2 Å². The third-order valence-corrected chi connectivity index (χ3v) is 3.93. The minimum Gasteiger partial charge on any atom is -0.494 e. The summed E-state index contributed by atoms with van der Waals surface area (Å²) in [5.74, 6) is 0.559. The largest absolute Gasteiger partial charge is 0.494 e. The molecule has 0 spiro atoms. The van der Waals surface area contributed by atoms with Gasteiger partial charge in [-0.15, -0.1) is 0 Å². The lowest BCUT2D eigenvalue weighted by molar-refractivity contribution is 0.0935. The molecule has 0 saturated carbocycles. The van der Waals surface area contributed by atoms with Gasteiger partial charge in [0.05, 0.1) is 23.9 Å². The zero-order chi connectivity index (χ0) is 16.9. The molecule has 122 valence electrons. The van der Waals surface area contributed by atoms with Crippen molar-refractivity contribution in [2.75, 3.05) is 11.9 Å². The van der Waals surface area contributed by atoms with E-state index in [0.717, 1.165) is 5.56 Å². The summed E-state index contributed by atoms with van der Waals surface area (Å²) in [5, 5.41) is 15.3. The molecule has 24 heavy (non-hydrogen) atoms. The van der Waals surface area contributed by atoms with Gasteiger partial charge >= 0.3 is 0 Å². The van der Waals surface area contributed by atoms with Gasteiger partial charge in [-0.3, -0.25) is 4.79 Å². The van der Waals surface area contributed by atoms with Crippen molar-refractivity contribution in [3.05, 3.63) is 58.6 Å². The van der Waals surface area contributed by atoms with Crippen LogP contribution in [0, 0.1) is 11.3 Å². The Kier molecular flexibility index (Phi) is 4.88. The molecule has 6 heteroatoms. The number of amides is 1. The fourth-order valence-corrected chi connectivity index (χ4v) is 2.70. The summed E-state index contributed by atoms with van der Waals surface area (Å²) in [5.41, 5.74) is 2.16. The van der Waals surface area contributed by atoms with Gasteiger partial charge in [0.2, 0.25) is 0 Å². The third-order valence-electron chi connectivity index (χ3n) is 3.69. The van der Waals surface area contributed by atoms with E-state index in [2.05, 4.69) is 16.7 Å². The Morgan fingerprint density at radius 2 is 2.08 bits per heavy atom. The Morgan fingerprint density at radius 1 is 1.21 bits per heavy atom. The first kappa shape index (κ1) is 16.2. The van der Waals surface area contributed by atoms with Crippen LogP contribution in [0.4, 0.5) is 5.69 Å². The normalized spacial score (nSPS) is 15.7. The molecule has 0 aliphatic carbocycles. The lowest BCUT2D eigenvalue weighted by atomic mass is 10.1. The molecule has 0 unspecified atom stereocenters.